The number of hydrogen-bond acceptors (Lipinski definition) is 6. The van der Waals surface area contributed by atoms with Crippen LogP contribution >= 0.6 is 0 Å². The fraction of sp³-hybridized carbons (Fsp3) is 0.429. The minimum Gasteiger partial charge on any atom is -0.381 e. The molecule has 1 fully saturated rings. The number of likely N-dealkylation sites (tertiary alicyclic amines) is 1. The molecule has 0 aromatic carbocycles. The van der Waals surface area contributed by atoms with Crippen LogP contribution in [0.2, 0.25) is 0 Å². The van der Waals surface area contributed by atoms with Crippen molar-refractivity contribution < 1.29 is 9.53 Å². The average molecular weight is 379 g/mol. The highest BCUT2D eigenvalue weighted by Crippen LogP contribution is 2.22. The molecule has 1 saturated heterocycles. The molecule has 3 aromatic heterocycles. The number of Topliss-reactive ketones (excluding diaryl/α,β-unsaturated/α-hetero) is 1. The first kappa shape index (κ1) is 18.7. The van der Waals surface area contributed by atoms with Crippen molar-refractivity contribution in [2.45, 2.75) is 25.4 Å². The second-order valence-electron chi connectivity index (χ2n) is 7.42. The first-order chi connectivity index (χ1) is 13.6. The van der Waals surface area contributed by atoms with Gasteiger partial charge < -0.3 is 4.74 Å². The fourth-order valence-corrected chi connectivity index (χ4v) is 3.71. The highest BCUT2D eigenvalue weighted by atomic mass is 16.5. The van der Waals surface area contributed by atoms with Gasteiger partial charge in [0.25, 0.3) is 0 Å². The summed E-state index contributed by atoms with van der Waals surface area (Å²) in [4.78, 5) is 23.7. The molecule has 0 saturated carbocycles. The minimum absolute atomic E-state index is 0.194. The van der Waals surface area contributed by atoms with E-state index in [0.717, 1.165) is 53.7 Å². The first-order valence-corrected chi connectivity index (χ1v) is 9.61. The van der Waals surface area contributed by atoms with Gasteiger partial charge in [0.15, 0.2) is 5.78 Å². The zero-order valence-electron chi connectivity index (χ0n) is 16.3. The second-order valence-corrected chi connectivity index (χ2v) is 7.42. The maximum Gasteiger partial charge on any atom is 0.152 e. The Kier molecular flexibility index (Phi) is 5.45. The van der Waals surface area contributed by atoms with Crippen molar-refractivity contribution in [3.8, 4) is 11.1 Å². The van der Waals surface area contributed by atoms with Crippen LogP contribution in [0.3, 0.4) is 0 Å². The summed E-state index contributed by atoms with van der Waals surface area (Å²) in [5.41, 5.74) is 3.63. The summed E-state index contributed by atoms with van der Waals surface area (Å²) in [6.45, 7) is 2.30. The standard InChI is InChI=1S/C21H25N5O2/c1-25-13-17(11-24-25)16-7-15-8-18(22-12-21(15)23-10-16)9-19(27)14-26-5-3-20(28-2)4-6-26/h7-8,10-13,20H,3-6,9,14H2,1-2H3. The number of carbonyl (C=O) groups is 1. The van der Waals surface area contributed by atoms with E-state index in [1.54, 1.807) is 18.0 Å². The van der Waals surface area contributed by atoms with Gasteiger partial charge in [0.2, 0.25) is 0 Å². The van der Waals surface area contributed by atoms with Crippen LogP contribution in [0, 0.1) is 0 Å². The van der Waals surface area contributed by atoms with E-state index in [1.807, 2.05) is 31.7 Å². The molecular formula is C21H25N5O2. The van der Waals surface area contributed by atoms with E-state index in [-0.39, 0.29) is 5.78 Å². The zero-order valence-corrected chi connectivity index (χ0v) is 16.3. The van der Waals surface area contributed by atoms with Crippen LogP contribution in [0.15, 0.2) is 36.9 Å². The number of pyridine rings is 2. The summed E-state index contributed by atoms with van der Waals surface area (Å²) in [7, 11) is 3.65. The molecule has 0 unspecified atom stereocenters. The number of fused-ring (bicyclic) bond motifs is 1. The minimum atomic E-state index is 0.194. The summed E-state index contributed by atoms with van der Waals surface area (Å²) in [6.07, 6.45) is 10.0. The average Bonchev–Trinajstić information content (AvgIpc) is 3.14. The van der Waals surface area contributed by atoms with Crippen molar-refractivity contribution in [2.24, 2.45) is 7.05 Å². The lowest BCUT2D eigenvalue weighted by Crippen LogP contribution is -2.39. The van der Waals surface area contributed by atoms with E-state index in [9.17, 15) is 4.79 Å². The van der Waals surface area contributed by atoms with Crippen molar-refractivity contribution in [3.05, 3.63) is 42.6 Å². The lowest BCUT2D eigenvalue weighted by atomic mass is 10.1. The number of aromatic nitrogens is 4. The molecule has 7 heteroatoms. The Bertz CT molecular complexity index is 976. The summed E-state index contributed by atoms with van der Waals surface area (Å²) in [5, 5.41) is 5.20. The molecule has 0 radical (unpaired) electrons. The van der Waals surface area contributed by atoms with Gasteiger partial charge in [0.05, 0.1) is 37.0 Å². The normalized spacial score (nSPS) is 15.9. The van der Waals surface area contributed by atoms with E-state index >= 15 is 0 Å². The van der Waals surface area contributed by atoms with Crippen molar-refractivity contribution in [2.75, 3.05) is 26.7 Å². The number of rotatable bonds is 6. The Labute approximate surface area is 164 Å². The molecule has 146 valence electrons. The Morgan fingerprint density at radius 2 is 1.96 bits per heavy atom. The van der Waals surface area contributed by atoms with E-state index in [1.165, 1.54) is 0 Å². The number of carbonyl (C=O) groups excluding carboxylic acids is 1. The van der Waals surface area contributed by atoms with Crippen molar-refractivity contribution in [1.29, 1.82) is 0 Å². The molecule has 1 aliphatic heterocycles. The van der Waals surface area contributed by atoms with Gasteiger partial charge in [-0.2, -0.15) is 5.10 Å². The van der Waals surface area contributed by atoms with Crippen LogP contribution < -0.4 is 0 Å². The Hall–Kier alpha value is -2.64. The van der Waals surface area contributed by atoms with E-state index in [0.29, 0.717) is 19.1 Å². The predicted molar refractivity (Wildman–Crippen MR) is 107 cm³/mol. The van der Waals surface area contributed by atoms with E-state index in [4.69, 9.17) is 4.74 Å². The predicted octanol–water partition coefficient (Wildman–Crippen LogP) is 2.25. The van der Waals surface area contributed by atoms with Crippen molar-refractivity contribution in [3.63, 3.8) is 0 Å². The largest absolute Gasteiger partial charge is 0.381 e. The molecule has 0 spiro atoms. The molecule has 0 N–H and O–H groups in total. The Morgan fingerprint density at radius 1 is 1.14 bits per heavy atom. The molecule has 0 amide bonds. The molecule has 4 rings (SSSR count). The fourth-order valence-electron chi connectivity index (χ4n) is 3.71. The molecule has 4 heterocycles. The lowest BCUT2D eigenvalue weighted by Gasteiger charge is -2.30. The first-order valence-electron chi connectivity index (χ1n) is 9.61. The Morgan fingerprint density at radius 3 is 2.68 bits per heavy atom. The monoisotopic (exact) mass is 379 g/mol. The van der Waals surface area contributed by atoms with Crippen LogP contribution in [0.1, 0.15) is 18.5 Å². The van der Waals surface area contributed by atoms with Gasteiger partial charge in [-0.25, -0.2) is 0 Å². The molecule has 0 bridgehead atoms. The molecule has 1 aliphatic rings. The molecule has 7 nitrogen and oxygen atoms in total. The molecule has 0 atom stereocenters. The number of ether oxygens (including phenoxy) is 1. The lowest BCUT2D eigenvalue weighted by molar-refractivity contribution is -0.120. The topological polar surface area (TPSA) is 73.1 Å². The van der Waals surface area contributed by atoms with Gasteiger partial charge in [0, 0.05) is 61.8 Å². The number of aryl methyl sites for hydroxylation is 1. The summed E-state index contributed by atoms with van der Waals surface area (Å²) < 4.78 is 7.16. The van der Waals surface area contributed by atoms with E-state index in [2.05, 4.69) is 26.0 Å². The van der Waals surface area contributed by atoms with Crippen LogP contribution in [-0.4, -0.2) is 63.3 Å². The number of hydrogen-bond donors (Lipinski definition) is 0. The zero-order chi connectivity index (χ0) is 19.5. The van der Waals surface area contributed by atoms with Gasteiger partial charge >= 0.3 is 0 Å². The SMILES string of the molecule is COC1CCN(CC(=O)Cc2cc3cc(-c4cnn(C)c4)cnc3cn2)CC1. The molecular weight excluding hydrogens is 354 g/mol. The van der Waals surface area contributed by atoms with Gasteiger partial charge in [-0.05, 0) is 25.0 Å². The van der Waals surface area contributed by atoms with Crippen LogP contribution in [0.25, 0.3) is 22.0 Å². The third-order valence-electron chi connectivity index (χ3n) is 5.31. The third kappa shape index (κ3) is 4.26. The third-order valence-corrected chi connectivity index (χ3v) is 5.31. The van der Waals surface area contributed by atoms with Crippen LogP contribution in [-0.2, 0) is 23.0 Å². The van der Waals surface area contributed by atoms with Crippen LogP contribution in [0.4, 0.5) is 0 Å². The van der Waals surface area contributed by atoms with Crippen LogP contribution in [0.5, 0.6) is 0 Å². The van der Waals surface area contributed by atoms with Gasteiger partial charge in [-0.15, -0.1) is 0 Å². The van der Waals surface area contributed by atoms with Crippen molar-refractivity contribution >= 4 is 16.7 Å². The van der Waals surface area contributed by atoms with Crippen molar-refractivity contribution in [1.82, 2.24) is 24.6 Å². The number of ketones is 1. The molecule has 3 aromatic rings. The smallest absolute Gasteiger partial charge is 0.152 e. The quantitative estimate of drug-likeness (QED) is 0.654. The maximum atomic E-state index is 12.5. The van der Waals surface area contributed by atoms with Gasteiger partial charge in [-0.1, -0.05) is 0 Å². The summed E-state index contributed by atoms with van der Waals surface area (Å²) in [5.74, 6) is 0.194. The number of methoxy groups -OCH3 is 1. The molecule has 0 aliphatic carbocycles. The second kappa shape index (κ2) is 8.16. The summed E-state index contributed by atoms with van der Waals surface area (Å²) in [6, 6.07) is 4.04. The maximum absolute atomic E-state index is 12.5. The summed E-state index contributed by atoms with van der Waals surface area (Å²) >= 11 is 0. The van der Waals surface area contributed by atoms with Gasteiger partial charge in [0.1, 0.15) is 0 Å². The number of piperidine rings is 1. The van der Waals surface area contributed by atoms with E-state index < -0.39 is 0 Å². The highest BCUT2D eigenvalue weighted by Gasteiger charge is 2.20. The number of nitrogens with zero attached hydrogens (tertiary/aromatic N) is 5. The highest BCUT2D eigenvalue weighted by molar-refractivity contribution is 5.86. The molecule has 28 heavy (non-hydrogen) atoms. The van der Waals surface area contributed by atoms with Gasteiger partial charge in [-0.3, -0.25) is 24.3 Å². The Balaban J connectivity index is 1.44.